The molecule has 0 unspecified atom stereocenters. The number of hydrogen-bond donors (Lipinski definition) is 1. The molecule has 2 aromatic rings. The van der Waals surface area contributed by atoms with Crippen LogP contribution in [-0.4, -0.2) is 31.7 Å². The van der Waals surface area contributed by atoms with E-state index in [0.717, 1.165) is 0 Å². The van der Waals surface area contributed by atoms with Crippen molar-refractivity contribution in [1.29, 1.82) is 0 Å². The SMILES string of the molecule is O=C(C(=NO)c1ccccn1)c1ccncn1. The maximum absolute atomic E-state index is 12.0. The molecule has 0 amide bonds. The number of pyridine rings is 1. The number of oxime groups is 1. The molecule has 0 radical (unpaired) electrons. The van der Waals surface area contributed by atoms with Gasteiger partial charge in [-0.2, -0.15) is 0 Å². The molecule has 17 heavy (non-hydrogen) atoms. The molecule has 0 saturated heterocycles. The van der Waals surface area contributed by atoms with Gasteiger partial charge in [0.1, 0.15) is 12.0 Å². The summed E-state index contributed by atoms with van der Waals surface area (Å²) in [5, 5.41) is 11.9. The van der Waals surface area contributed by atoms with Crippen molar-refractivity contribution in [2.24, 2.45) is 5.16 Å². The quantitative estimate of drug-likeness (QED) is 0.365. The number of rotatable bonds is 3. The van der Waals surface area contributed by atoms with Gasteiger partial charge in [-0.15, -0.1) is 0 Å². The van der Waals surface area contributed by atoms with Gasteiger partial charge in [0, 0.05) is 12.4 Å². The van der Waals surface area contributed by atoms with E-state index in [2.05, 4.69) is 20.1 Å². The molecule has 0 atom stereocenters. The van der Waals surface area contributed by atoms with Crippen molar-refractivity contribution >= 4 is 11.5 Å². The number of carbonyl (C=O) groups excluding carboxylic acids is 1. The molecular formula is C11H8N4O2. The fourth-order valence-electron chi connectivity index (χ4n) is 1.26. The fraction of sp³-hybridized carbons (Fsp3) is 0. The maximum Gasteiger partial charge on any atom is 0.235 e. The minimum Gasteiger partial charge on any atom is -0.410 e. The lowest BCUT2D eigenvalue weighted by Gasteiger charge is -2.01. The van der Waals surface area contributed by atoms with Gasteiger partial charge in [0.2, 0.25) is 5.78 Å². The van der Waals surface area contributed by atoms with Crippen LogP contribution in [0.3, 0.4) is 0 Å². The van der Waals surface area contributed by atoms with E-state index in [1.54, 1.807) is 18.2 Å². The highest BCUT2D eigenvalue weighted by atomic mass is 16.4. The van der Waals surface area contributed by atoms with Gasteiger partial charge in [-0.05, 0) is 18.2 Å². The van der Waals surface area contributed by atoms with Crippen LogP contribution >= 0.6 is 0 Å². The van der Waals surface area contributed by atoms with Gasteiger partial charge in [-0.1, -0.05) is 11.2 Å². The van der Waals surface area contributed by atoms with Crippen molar-refractivity contribution in [3.63, 3.8) is 0 Å². The normalized spacial score (nSPS) is 11.2. The van der Waals surface area contributed by atoms with Gasteiger partial charge >= 0.3 is 0 Å². The average molecular weight is 228 g/mol. The molecule has 1 N–H and O–H groups in total. The zero-order valence-corrected chi connectivity index (χ0v) is 8.69. The summed E-state index contributed by atoms with van der Waals surface area (Å²) in [5.74, 6) is -0.506. The van der Waals surface area contributed by atoms with Crippen LogP contribution in [0.1, 0.15) is 16.2 Å². The molecule has 0 aromatic carbocycles. The lowest BCUT2D eigenvalue weighted by atomic mass is 10.1. The fourth-order valence-corrected chi connectivity index (χ4v) is 1.26. The molecule has 0 aliphatic rings. The van der Waals surface area contributed by atoms with E-state index in [0.29, 0.717) is 5.69 Å². The van der Waals surface area contributed by atoms with Crippen molar-refractivity contribution < 1.29 is 10.0 Å². The summed E-state index contributed by atoms with van der Waals surface area (Å²) < 4.78 is 0. The highest BCUT2D eigenvalue weighted by molar-refractivity contribution is 6.50. The van der Waals surface area contributed by atoms with Crippen LogP contribution < -0.4 is 0 Å². The van der Waals surface area contributed by atoms with Gasteiger partial charge in [-0.25, -0.2) is 9.97 Å². The smallest absolute Gasteiger partial charge is 0.235 e. The topological polar surface area (TPSA) is 88.3 Å². The van der Waals surface area contributed by atoms with Crippen LogP contribution in [0.4, 0.5) is 0 Å². The van der Waals surface area contributed by atoms with Crippen molar-refractivity contribution in [3.8, 4) is 0 Å². The summed E-state index contributed by atoms with van der Waals surface area (Å²) in [4.78, 5) is 23.4. The zero-order chi connectivity index (χ0) is 12.1. The van der Waals surface area contributed by atoms with Crippen LogP contribution in [0.15, 0.2) is 48.1 Å². The highest BCUT2D eigenvalue weighted by Gasteiger charge is 2.18. The third kappa shape index (κ3) is 2.31. The number of hydrogen-bond acceptors (Lipinski definition) is 6. The van der Waals surface area contributed by atoms with Crippen LogP contribution in [0.5, 0.6) is 0 Å². The van der Waals surface area contributed by atoms with Gasteiger partial charge in [0.15, 0.2) is 5.71 Å². The standard InChI is InChI=1S/C11H8N4O2/c16-11(9-4-6-12-7-14-9)10(15-17)8-3-1-2-5-13-8/h1-7,17H. The number of ketones is 1. The number of nitrogens with zero attached hydrogens (tertiary/aromatic N) is 4. The Morgan fingerprint density at radius 1 is 1.12 bits per heavy atom. The summed E-state index contributed by atoms with van der Waals surface area (Å²) >= 11 is 0. The number of carbonyl (C=O) groups is 1. The first-order chi connectivity index (χ1) is 8.33. The number of Topliss-reactive ketones (excluding diaryl/α,β-unsaturated/α-hetero) is 1. The summed E-state index contributed by atoms with van der Waals surface area (Å²) in [6, 6.07) is 6.42. The highest BCUT2D eigenvalue weighted by Crippen LogP contribution is 2.03. The third-order valence-electron chi connectivity index (χ3n) is 2.04. The second kappa shape index (κ2) is 4.93. The first kappa shape index (κ1) is 10.9. The molecule has 0 saturated carbocycles. The number of aromatic nitrogens is 3. The summed E-state index contributed by atoms with van der Waals surface area (Å²) in [6.45, 7) is 0. The van der Waals surface area contributed by atoms with Crippen LogP contribution in [0.25, 0.3) is 0 Å². The largest absolute Gasteiger partial charge is 0.410 e. The molecule has 6 heteroatoms. The Bertz CT molecular complexity index is 540. The summed E-state index contributed by atoms with van der Waals surface area (Å²) in [7, 11) is 0. The second-order valence-electron chi connectivity index (χ2n) is 3.09. The second-order valence-corrected chi connectivity index (χ2v) is 3.09. The third-order valence-corrected chi connectivity index (χ3v) is 2.04. The summed E-state index contributed by atoms with van der Waals surface area (Å²) in [6.07, 6.45) is 4.20. The Morgan fingerprint density at radius 3 is 2.59 bits per heavy atom. The molecule has 2 heterocycles. The van der Waals surface area contributed by atoms with E-state index in [9.17, 15) is 4.79 Å². The molecule has 2 rings (SSSR count). The van der Waals surface area contributed by atoms with Gasteiger partial charge in [-0.3, -0.25) is 9.78 Å². The Balaban J connectivity index is 2.37. The van der Waals surface area contributed by atoms with Crippen LogP contribution in [0.2, 0.25) is 0 Å². The van der Waals surface area contributed by atoms with E-state index >= 15 is 0 Å². The van der Waals surface area contributed by atoms with Gasteiger partial charge < -0.3 is 5.21 Å². The lowest BCUT2D eigenvalue weighted by molar-refractivity contribution is 0.105. The first-order valence-electron chi connectivity index (χ1n) is 4.77. The average Bonchev–Trinajstić information content (AvgIpc) is 2.42. The maximum atomic E-state index is 12.0. The molecule has 0 aliphatic heterocycles. The van der Waals surface area contributed by atoms with Crippen LogP contribution in [0, 0.1) is 0 Å². The molecule has 0 spiro atoms. The van der Waals surface area contributed by atoms with E-state index < -0.39 is 5.78 Å². The monoisotopic (exact) mass is 228 g/mol. The van der Waals surface area contributed by atoms with Crippen LogP contribution in [-0.2, 0) is 0 Å². The van der Waals surface area contributed by atoms with Crippen molar-refractivity contribution in [2.45, 2.75) is 0 Å². The van der Waals surface area contributed by atoms with Crippen molar-refractivity contribution in [2.75, 3.05) is 0 Å². The molecule has 0 fully saturated rings. The Kier molecular flexibility index (Phi) is 3.15. The van der Waals surface area contributed by atoms with Crippen molar-refractivity contribution in [3.05, 3.63) is 54.4 Å². The van der Waals surface area contributed by atoms with Gasteiger partial charge in [0.05, 0.1) is 5.69 Å². The lowest BCUT2D eigenvalue weighted by Crippen LogP contribution is -2.18. The first-order valence-corrected chi connectivity index (χ1v) is 4.77. The predicted molar refractivity (Wildman–Crippen MR) is 58.9 cm³/mol. The molecule has 6 nitrogen and oxygen atoms in total. The molecular weight excluding hydrogens is 220 g/mol. The van der Waals surface area contributed by atoms with E-state index in [1.165, 1.54) is 24.8 Å². The van der Waals surface area contributed by atoms with E-state index in [-0.39, 0.29) is 11.4 Å². The molecule has 0 bridgehead atoms. The van der Waals surface area contributed by atoms with E-state index in [4.69, 9.17) is 5.21 Å². The van der Waals surface area contributed by atoms with Gasteiger partial charge in [0.25, 0.3) is 0 Å². The minimum atomic E-state index is -0.506. The Morgan fingerprint density at radius 2 is 2.00 bits per heavy atom. The molecule has 0 aliphatic carbocycles. The summed E-state index contributed by atoms with van der Waals surface area (Å²) in [5.41, 5.74) is 0.293. The Hall–Kier alpha value is -2.63. The Labute approximate surface area is 96.7 Å². The predicted octanol–water partition coefficient (Wildman–Crippen LogP) is 0.933. The minimum absolute atomic E-state index is 0.149. The molecule has 84 valence electrons. The van der Waals surface area contributed by atoms with E-state index in [1.807, 2.05) is 0 Å². The molecule has 2 aromatic heterocycles. The van der Waals surface area contributed by atoms with Crippen molar-refractivity contribution in [1.82, 2.24) is 15.0 Å². The zero-order valence-electron chi connectivity index (χ0n) is 8.69.